The van der Waals surface area contributed by atoms with Gasteiger partial charge in [-0.25, -0.2) is 4.79 Å². The molecule has 140 valence electrons. The average molecular weight is 368 g/mol. The molecule has 0 radical (unpaired) electrons. The standard InChI is InChI=1S/C21H20O6/c1-4-13(2)21(25)27-20-16(23)12-17(26-3)18(19(20)24)15(22)11-10-14-8-6-5-7-9-14/h4-12,23-24H,1-3H3. The Bertz CT molecular complexity index is 910. The topological polar surface area (TPSA) is 93.1 Å². The van der Waals surface area contributed by atoms with Crippen LogP contribution >= 0.6 is 0 Å². The van der Waals surface area contributed by atoms with Crippen molar-refractivity contribution in [3.05, 3.63) is 65.3 Å². The maximum Gasteiger partial charge on any atom is 0.339 e. The van der Waals surface area contributed by atoms with E-state index in [-0.39, 0.29) is 16.9 Å². The van der Waals surface area contributed by atoms with Gasteiger partial charge in [0.25, 0.3) is 0 Å². The Balaban J connectivity index is 2.45. The monoisotopic (exact) mass is 368 g/mol. The molecule has 0 aliphatic heterocycles. The SMILES string of the molecule is CC=C(C)C(=O)Oc1c(O)cc(OC)c(C(=O)C=Cc2ccccc2)c1O. The zero-order valence-corrected chi connectivity index (χ0v) is 15.2. The fourth-order valence-corrected chi connectivity index (χ4v) is 2.22. The molecule has 2 aromatic rings. The predicted molar refractivity (Wildman–Crippen MR) is 101 cm³/mol. The van der Waals surface area contributed by atoms with Crippen LogP contribution in [-0.4, -0.2) is 29.1 Å². The number of esters is 1. The molecule has 0 heterocycles. The Kier molecular flexibility index (Phi) is 6.38. The minimum atomic E-state index is -0.758. The van der Waals surface area contributed by atoms with Crippen LogP contribution in [-0.2, 0) is 4.79 Å². The third-order valence-corrected chi connectivity index (χ3v) is 3.84. The molecule has 0 aliphatic rings. The number of carbonyl (C=O) groups is 2. The third kappa shape index (κ3) is 4.55. The Morgan fingerprint density at radius 1 is 1.11 bits per heavy atom. The molecule has 0 aromatic heterocycles. The Morgan fingerprint density at radius 2 is 1.78 bits per heavy atom. The summed E-state index contributed by atoms with van der Waals surface area (Å²) in [6.07, 6.45) is 4.35. The highest BCUT2D eigenvalue weighted by atomic mass is 16.5. The van der Waals surface area contributed by atoms with E-state index >= 15 is 0 Å². The maximum atomic E-state index is 12.6. The zero-order valence-electron chi connectivity index (χ0n) is 15.2. The molecule has 2 N–H and O–H groups in total. The molecule has 0 fully saturated rings. The zero-order chi connectivity index (χ0) is 20.0. The fourth-order valence-electron chi connectivity index (χ4n) is 2.22. The van der Waals surface area contributed by atoms with Crippen LogP contribution in [0.3, 0.4) is 0 Å². The van der Waals surface area contributed by atoms with Gasteiger partial charge in [-0.3, -0.25) is 4.79 Å². The van der Waals surface area contributed by atoms with E-state index in [4.69, 9.17) is 9.47 Å². The van der Waals surface area contributed by atoms with Gasteiger partial charge in [-0.15, -0.1) is 0 Å². The van der Waals surface area contributed by atoms with E-state index in [9.17, 15) is 19.8 Å². The summed E-state index contributed by atoms with van der Waals surface area (Å²) in [6.45, 7) is 3.17. The fraction of sp³-hybridized carbons (Fsp3) is 0.143. The highest BCUT2D eigenvalue weighted by Crippen LogP contribution is 2.44. The Labute approximate surface area is 157 Å². The molecule has 0 spiro atoms. The van der Waals surface area contributed by atoms with Gasteiger partial charge in [-0.2, -0.15) is 0 Å². The Hall–Kier alpha value is -3.54. The van der Waals surface area contributed by atoms with Crippen molar-refractivity contribution in [1.29, 1.82) is 0 Å². The van der Waals surface area contributed by atoms with Gasteiger partial charge in [0.1, 0.15) is 11.3 Å². The van der Waals surface area contributed by atoms with E-state index in [1.807, 2.05) is 30.3 Å². The second kappa shape index (κ2) is 8.71. The number of phenolic OH excluding ortho intramolecular Hbond substituents is 2. The smallest absolute Gasteiger partial charge is 0.339 e. The number of methoxy groups -OCH3 is 1. The number of rotatable bonds is 6. The van der Waals surface area contributed by atoms with Gasteiger partial charge in [0.15, 0.2) is 17.3 Å². The lowest BCUT2D eigenvalue weighted by Gasteiger charge is -2.14. The van der Waals surface area contributed by atoms with Crippen LogP contribution in [0.15, 0.2) is 54.1 Å². The van der Waals surface area contributed by atoms with Gasteiger partial charge >= 0.3 is 5.97 Å². The molecule has 0 atom stereocenters. The van der Waals surface area contributed by atoms with E-state index in [1.165, 1.54) is 26.2 Å². The normalized spacial score (nSPS) is 11.4. The predicted octanol–water partition coefficient (Wildman–Crippen LogP) is 3.87. The van der Waals surface area contributed by atoms with Gasteiger partial charge in [0, 0.05) is 11.6 Å². The molecule has 0 amide bonds. The molecule has 0 aliphatic carbocycles. The molecule has 2 rings (SSSR count). The molecule has 0 unspecified atom stereocenters. The van der Waals surface area contributed by atoms with Gasteiger partial charge in [-0.05, 0) is 25.5 Å². The molecule has 0 saturated carbocycles. The summed E-state index contributed by atoms with van der Waals surface area (Å²) in [5.41, 5.74) is 0.850. The van der Waals surface area contributed by atoms with E-state index in [1.54, 1.807) is 13.0 Å². The first-order chi connectivity index (χ1) is 12.9. The number of aromatic hydroxyl groups is 2. The van der Waals surface area contributed by atoms with Crippen molar-refractivity contribution >= 4 is 17.8 Å². The van der Waals surface area contributed by atoms with Crippen LogP contribution in [0.5, 0.6) is 23.0 Å². The Morgan fingerprint density at radius 3 is 2.37 bits per heavy atom. The highest BCUT2D eigenvalue weighted by molar-refractivity contribution is 6.11. The van der Waals surface area contributed by atoms with Crippen molar-refractivity contribution in [1.82, 2.24) is 0 Å². The van der Waals surface area contributed by atoms with Crippen LogP contribution in [0.2, 0.25) is 0 Å². The second-order valence-electron chi connectivity index (χ2n) is 5.62. The minimum absolute atomic E-state index is 0.0460. The van der Waals surface area contributed by atoms with E-state index in [0.29, 0.717) is 0 Å². The van der Waals surface area contributed by atoms with Crippen molar-refractivity contribution in [3.63, 3.8) is 0 Å². The van der Waals surface area contributed by atoms with Crippen molar-refractivity contribution in [2.45, 2.75) is 13.8 Å². The number of phenols is 2. The molecule has 6 nitrogen and oxygen atoms in total. The third-order valence-electron chi connectivity index (χ3n) is 3.84. The second-order valence-corrected chi connectivity index (χ2v) is 5.62. The first-order valence-electron chi connectivity index (χ1n) is 8.14. The molecule has 0 saturated heterocycles. The highest BCUT2D eigenvalue weighted by Gasteiger charge is 2.25. The number of hydrogen-bond acceptors (Lipinski definition) is 6. The maximum absolute atomic E-state index is 12.6. The summed E-state index contributed by atoms with van der Waals surface area (Å²) < 4.78 is 10.1. The summed E-state index contributed by atoms with van der Waals surface area (Å²) in [7, 11) is 1.29. The first-order valence-corrected chi connectivity index (χ1v) is 8.14. The first kappa shape index (κ1) is 19.8. The molecule has 6 heteroatoms. The van der Waals surface area contributed by atoms with Crippen LogP contribution in [0, 0.1) is 0 Å². The largest absolute Gasteiger partial charge is 0.504 e. The number of hydrogen-bond donors (Lipinski definition) is 2. The van der Waals surface area contributed by atoms with Crippen LogP contribution < -0.4 is 9.47 Å². The lowest BCUT2D eigenvalue weighted by Crippen LogP contribution is -2.10. The van der Waals surface area contributed by atoms with Gasteiger partial charge < -0.3 is 19.7 Å². The summed E-state index contributed by atoms with van der Waals surface area (Å²) in [5, 5.41) is 20.5. The number of ether oxygens (including phenoxy) is 2. The average Bonchev–Trinajstić information content (AvgIpc) is 2.68. The molecule has 2 aromatic carbocycles. The number of ketones is 1. The summed E-state index contributed by atoms with van der Waals surface area (Å²) in [6, 6.07) is 10.2. The van der Waals surface area contributed by atoms with Crippen molar-refractivity contribution < 1.29 is 29.3 Å². The summed E-state index contributed by atoms with van der Waals surface area (Å²) in [4.78, 5) is 24.5. The molecule has 27 heavy (non-hydrogen) atoms. The van der Waals surface area contributed by atoms with Gasteiger partial charge in [-0.1, -0.05) is 42.5 Å². The minimum Gasteiger partial charge on any atom is -0.504 e. The van der Waals surface area contributed by atoms with Crippen molar-refractivity contribution in [2.24, 2.45) is 0 Å². The number of benzene rings is 2. The summed E-state index contributed by atoms with van der Waals surface area (Å²) >= 11 is 0. The van der Waals surface area contributed by atoms with E-state index in [0.717, 1.165) is 11.6 Å². The molecular formula is C21H20O6. The van der Waals surface area contributed by atoms with E-state index < -0.39 is 29.0 Å². The van der Waals surface area contributed by atoms with Crippen molar-refractivity contribution in [3.8, 4) is 23.0 Å². The van der Waals surface area contributed by atoms with Crippen LogP contribution in [0.4, 0.5) is 0 Å². The van der Waals surface area contributed by atoms with Crippen molar-refractivity contribution in [2.75, 3.05) is 7.11 Å². The van der Waals surface area contributed by atoms with Gasteiger partial charge in [0.05, 0.1) is 7.11 Å². The lowest BCUT2D eigenvalue weighted by atomic mass is 10.1. The van der Waals surface area contributed by atoms with Crippen LogP contribution in [0.1, 0.15) is 29.8 Å². The van der Waals surface area contributed by atoms with E-state index in [2.05, 4.69) is 0 Å². The lowest BCUT2D eigenvalue weighted by molar-refractivity contribution is -0.130. The van der Waals surface area contributed by atoms with Gasteiger partial charge in [0.2, 0.25) is 5.75 Å². The number of allylic oxidation sites excluding steroid dienone is 2. The quantitative estimate of drug-likeness (QED) is 0.348. The number of carbonyl (C=O) groups excluding carboxylic acids is 2. The molecule has 0 bridgehead atoms. The summed E-state index contributed by atoms with van der Waals surface area (Å²) in [5.74, 6) is -3.08. The molecular weight excluding hydrogens is 348 g/mol. The van der Waals surface area contributed by atoms with Crippen LogP contribution in [0.25, 0.3) is 6.08 Å².